The molecule has 0 aliphatic rings. The quantitative estimate of drug-likeness (QED) is 0.770. The maximum absolute atomic E-state index is 13.8. The molecule has 0 aliphatic carbocycles. The van der Waals surface area contributed by atoms with Crippen LogP contribution in [0.5, 0.6) is 0 Å². The predicted octanol–water partition coefficient (Wildman–Crippen LogP) is 3.84. The molecule has 2 aromatic rings. The summed E-state index contributed by atoms with van der Waals surface area (Å²) in [4.78, 5) is 11.9. The number of halogens is 3. The number of benzene rings is 2. The van der Waals surface area contributed by atoms with E-state index in [1.54, 1.807) is 0 Å². The first-order valence-corrected chi connectivity index (χ1v) is 5.71. The van der Waals surface area contributed by atoms with Crippen LogP contribution in [0.25, 0.3) is 0 Å². The fourth-order valence-corrected chi connectivity index (χ4v) is 1.79. The van der Waals surface area contributed by atoms with Crippen LogP contribution in [0.4, 0.5) is 13.2 Å². The van der Waals surface area contributed by atoms with E-state index < -0.39 is 28.8 Å². The zero-order valence-electron chi connectivity index (χ0n) is 10.2. The standard InChI is InChI=1S/C15H11F3O/c1-9-2-7-12(17)14(15(9)18)13(19)8-10-3-5-11(16)6-4-10/h2-7H,8H2,1H3. The lowest BCUT2D eigenvalue weighted by Crippen LogP contribution is -2.10. The third kappa shape index (κ3) is 2.84. The summed E-state index contributed by atoms with van der Waals surface area (Å²) in [6.07, 6.45) is -0.169. The zero-order chi connectivity index (χ0) is 14.0. The number of carbonyl (C=O) groups excluding carboxylic acids is 1. The third-order valence-electron chi connectivity index (χ3n) is 2.84. The second kappa shape index (κ2) is 5.26. The van der Waals surface area contributed by atoms with Crippen LogP contribution in [-0.2, 0) is 6.42 Å². The van der Waals surface area contributed by atoms with Crippen LogP contribution in [0.1, 0.15) is 21.5 Å². The van der Waals surface area contributed by atoms with Crippen LogP contribution in [0.2, 0.25) is 0 Å². The third-order valence-corrected chi connectivity index (χ3v) is 2.84. The van der Waals surface area contributed by atoms with Crippen LogP contribution < -0.4 is 0 Å². The lowest BCUT2D eigenvalue weighted by atomic mass is 10.0. The molecule has 0 bridgehead atoms. The summed E-state index contributed by atoms with van der Waals surface area (Å²) >= 11 is 0. The SMILES string of the molecule is Cc1ccc(F)c(C(=O)Cc2ccc(F)cc2)c1F. The molecular weight excluding hydrogens is 253 g/mol. The first kappa shape index (κ1) is 13.3. The van der Waals surface area contributed by atoms with Crippen molar-refractivity contribution in [1.82, 2.24) is 0 Å². The van der Waals surface area contributed by atoms with Crippen LogP contribution in [0.15, 0.2) is 36.4 Å². The second-order valence-corrected chi connectivity index (χ2v) is 4.28. The minimum Gasteiger partial charge on any atom is -0.294 e. The van der Waals surface area contributed by atoms with Crippen LogP contribution in [-0.4, -0.2) is 5.78 Å². The first-order valence-electron chi connectivity index (χ1n) is 5.71. The number of Topliss-reactive ketones (excluding diaryl/α,β-unsaturated/α-hetero) is 1. The van der Waals surface area contributed by atoms with Gasteiger partial charge in [0.05, 0.1) is 5.56 Å². The van der Waals surface area contributed by atoms with Crippen molar-refractivity contribution in [2.45, 2.75) is 13.3 Å². The molecule has 0 saturated heterocycles. The number of hydrogen-bond donors (Lipinski definition) is 0. The van der Waals surface area contributed by atoms with Crippen molar-refractivity contribution in [3.8, 4) is 0 Å². The lowest BCUT2D eigenvalue weighted by molar-refractivity contribution is 0.0984. The Hall–Kier alpha value is -2.10. The van der Waals surface area contributed by atoms with Gasteiger partial charge in [-0.3, -0.25) is 4.79 Å². The van der Waals surface area contributed by atoms with Gasteiger partial charge in [0.2, 0.25) is 0 Å². The van der Waals surface area contributed by atoms with E-state index in [4.69, 9.17) is 0 Å². The van der Waals surface area contributed by atoms with Gasteiger partial charge < -0.3 is 0 Å². The number of hydrogen-bond acceptors (Lipinski definition) is 1. The van der Waals surface area contributed by atoms with Crippen LogP contribution in [0, 0.1) is 24.4 Å². The van der Waals surface area contributed by atoms with Crippen molar-refractivity contribution in [3.63, 3.8) is 0 Å². The summed E-state index contributed by atoms with van der Waals surface area (Å²) in [7, 11) is 0. The summed E-state index contributed by atoms with van der Waals surface area (Å²) in [5.41, 5.74) is 0.180. The van der Waals surface area contributed by atoms with Crippen LogP contribution >= 0.6 is 0 Å². The van der Waals surface area contributed by atoms with Gasteiger partial charge in [-0.05, 0) is 36.2 Å². The Morgan fingerprint density at radius 2 is 1.63 bits per heavy atom. The Bertz CT molecular complexity index is 618. The van der Waals surface area contributed by atoms with E-state index in [0.29, 0.717) is 5.56 Å². The van der Waals surface area contributed by atoms with Gasteiger partial charge in [0.1, 0.15) is 17.5 Å². The number of aryl methyl sites for hydroxylation is 1. The molecule has 0 saturated carbocycles. The van der Waals surface area contributed by atoms with E-state index in [-0.39, 0.29) is 12.0 Å². The van der Waals surface area contributed by atoms with Gasteiger partial charge in [0.15, 0.2) is 5.78 Å². The highest BCUT2D eigenvalue weighted by atomic mass is 19.1. The average Bonchev–Trinajstić information content (AvgIpc) is 2.37. The molecule has 19 heavy (non-hydrogen) atoms. The van der Waals surface area contributed by atoms with E-state index in [9.17, 15) is 18.0 Å². The molecule has 0 radical (unpaired) electrons. The summed E-state index contributed by atoms with van der Waals surface area (Å²) in [5, 5.41) is 0. The highest BCUT2D eigenvalue weighted by Gasteiger charge is 2.19. The van der Waals surface area contributed by atoms with Gasteiger partial charge in [0, 0.05) is 6.42 Å². The van der Waals surface area contributed by atoms with Gasteiger partial charge in [0.25, 0.3) is 0 Å². The summed E-state index contributed by atoms with van der Waals surface area (Å²) in [6.45, 7) is 1.46. The van der Waals surface area contributed by atoms with E-state index in [0.717, 1.165) is 6.07 Å². The molecule has 0 heterocycles. The highest BCUT2D eigenvalue weighted by molar-refractivity contribution is 5.98. The van der Waals surface area contributed by atoms with Crippen molar-refractivity contribution in [3.05, 3.63) is 70.5 Å². The van der Waals surface area contributed by atoms with Crippen molar-refractivity contribution >= 4 is 5.78 Å². The van der Waals surface area contributed by atoms with Gasteiger partial charge in [-0.25, -0.2) is 13.2 Å². The van der Waals surface area contributed by atoms with E-state index in [1.165, 1.54) is 37.3 Å². The fraction of sp³-hybridized carbons (Fsp3) is 0.133. The largest absolute Gasteiger partial charge is 0.294 e. The molecule has 4 heteroatoms. The normalized spacial score (nSPS) is 10.5. The van der Waals surface area contributed by atoms with Crippen LogP contribution in [0.3, 0.4) is 0 Å². The molecule has 0 atom stereocenters. The van der Waals surface area contributed by atoms with Gasteiger partial charge >= 0.3 is 0 Å². The minimum absolute atomic E-state index is 0.169. The van der Waals surface area contributed by atoms with Gasteiger partial charge in [-0.15, -0.1) is 0 Å². The topological polar surface area (TPSA) is 17.1 Å². The lowest BCUT2D eigenvalue weighted by Gasteiger charge is -2.06. The molecule has 1 nitrogen and oxygen atoms in total. The maximum atomic E-state index is 13.8. The van der Waals surface area contributed by atoms with E-state index in [2.05, 4.69) is 0 Å². The monoisotopic (exact) mass is 264 g/mol. The number of rotatable bonds is 3. The van der Waals surface area contributed by atoms with Crippen molar-refractivity contribution in [2.24, 2.45) is 0 Å². The molecule has 0 aliphatic heterocycles. The molecule has 2 aromatic carbocycles. The number of ketones is 1. The minimum atomic E-state index is -0.879. The molecule has 0 aromatic heterocycles. The van der Waals surface area contributed by atoms with E-state index in [1.807, 2.05) is 0 Å². The Labute approximate surface area is 108 Å². The molecule has 2 rings (SSSR count). The fourth-order valence-electron chi connectivity index (χ4n) is 1.79. The van der Waals surface area contributed by atoms with Crippen molar-refractivity contribution in [1.29, 1.82) is 0 Å². The first-order chi connectivity index (χ1) is 8.99. The number of carbonyl (C=O) groups is 1. The zero-order valence-corrected chi connectivity index (χ0v) is 10.2. The summed E-state index contributed by atoms with van der Waals surface area (Å²) in [6, 6.07) is 7.57. The molecule has 0 unspecified atom stereocenters. The molecule has 0 N–H and O–H groups in total. The Morgan fingerprint density at radius 1 is 1.00 bits per heavy atom. The molecule has 98 valence electrons. The molecule has 0 amide bonds. The van der Waals surface area contributed by atoms with Gasteiger partial charge in [-0.1, -0.05) is 18.2 Å². The maximum Gasteiger partial charge on any atom is 0.173 e. The van der Waals surface area contributed by atoms with Crippen molar-refractivity contribution in [2.75, 3.05) is 0 Å². The van der Waals surface area contributed by atoms with Crippen molar-refractivity contribution < 1.29 is 18.0 Å². The average molecular weight is 264 g/mol. The predicted molar refractivity (Wildman–Crippen MR) is 65.5 cm³/mol. The molecule has 0 fully saturated rings. The summed E-state index contributed by atoms with van der Waals surface area (Å²) in [5.74, 6) is -2.81. The summed E-state index contributed by atoms with van der Waals surface area (Å²) < 4.78 is 40.0. The second-order valence-electron chi connectivity index (χ2n) is 4.28. The molecular formula is C15H11F3O. The molecule has 0 spiro atoms. The Balaban J connectivity index is 2.30. The smallest absolute Gasteiger partial charge is 0.173 e. The highest BCUT2D eigenvalue weighted by Crippen LogP contribution is 2.18. The Morgan fingerprint density at radius 3 is 2.26 bits per heavy atom. The van der Waals surface area contributed by atoms with Gasteiger partial charge in [-0.2, -0.15) is 0 Å². The van der Waals surface area contributed by atoms with E-state index >= 15 is 0 Å². The Kier molecular flexibility index (Phi) is 3.69.